The van der Waals surface area contributed by atoms with Crippen molar-refractivity contribution < 1.29 is 14.3 Å². The molecule has 0 fully saturated rings. The van der Waals surface area contributed by atoms with Gasteiger partial charge in [0.2, 0.25) is 11.7 Å². The molecule has 0 spiro atoms. The second-order valence-corrected chi connectivity index (χ2v) is 4.74. The Kier molecular flexibility index (Phi) is 4.07. The summed E-state index contributed by atoms with van der Waals surface area (Å²) in [4.78, 5) is 19.6. The first-order valence-electron chi connectivity index (χ1n) is 6.39. The molecule has 0 saturated heterocycles. The Morgan fingerprint density at radius 1 is 1.10 bits per heavy atom. The highest BCUT2D eigenvalue weighted by atomic mass is 16.5. The minimum atomic E-state index is -0.603. The minimum Gasteiger partial charge on any atom is -0.463 e. The number of rotatable bonds is 3. The van der Waals surface area contributed by atoms with Crippen LogP contribution in [0.5, 0.6) is 11.6 Å². The van der Waals surface area contributed by atoms with E-state index in [-0.39, 0.29) is 11.7 Å². The van der Waals surface area contributed by atoms with Crippen molar-refractivity contribution in [2.45, 2.75) is 20.8 Å². The van der Waals surface area contributed by atoms with Gasteiger partial charge in [-0.1, -0.05) is 0 Å². The number of benzene rings is 1. The quantitative estimate of drug-likeness (QED) is 0.689. The Morgan fingerprint density at radius 2 is 1.81 bits per heavy atom. The normalized spacial score (nSPS) is 10.3. The van der Waals surface area contributed by atoms with E-state index >= 15 is 0 Å². The van der Waals surface area contributed by atoms with E-state index in [1.807, 2.05) is 26.0 Å². The largest absolute Gasteiger partial charge is 0.463 e. The standard InChI is InChI=1S/C15H17N3O3/c1-8-6-12(9(2)5-11(8)16)21-13-7-10(3)17-14(18-13)15(19)20-4/h5-7H,16H2,1-4H3. The zero-order valence-electron chi connectivity index (χ0n) is 12.4. The second-order valence-electron chi connectivity index (χ2n) is 4.74. The van der Waals surface area contributed by atoms with Gasteiger partial charge in [-0.3, -0.25) is 0 Å². The summed E-state index contributed by atoms with van der Waals surface area (Å²) in [6, 6.07) is 5.32. The molecule has 21 heavy (non-hydrogen) atoms. The van der Waals surface area contributed by atoms with Gasteiger partial charge >= 0.3 is 5.97 Å². The third-order valence-corrected chi connectivity index (χ3v) is 2.98. The number of anilines is 1. The maximum atomic E-state index is 11.5. The van der Waals surface area contributed by atoms with Crippen molar-refractivity contribution in [3.63, 3.8) is 0 Å². The maximum absolute atomic E-state index is 11.5. The zero-order valence-corrected chi connectivity index (χ0v) is 12.4. The number of hydrogen-bond acceptors (Lipinski definition) is 6. The molecule has 0 saturated carbocycles. The molecule has 6 nitrogen and oxygen atoms in total. The first kappa shape index (κ1) is 14.8. The van der Waals surface area contributed by atoms with Crippen molar-refractivity contribution >= 4 is 11.7 Å². The molecule has 2 rings (SSSR count). The van der Waals surface area contributed by atoms with E-state index in [4.69, 9.17) is 10.5 Å². The van der Waals surface area contributed by atoms with E-state index in [0.717, 1.165) is 11.1 Å². The lowest BCUT2D eigenvalue weighted by Crippen LogP contribution is -2.09. The Hall–Kier alpha value is -2.63. The first-order valence-corrected chi connectivity index (χ1v) is 6.39. The maximum Gasteiger partial charge on any atom is 0.376 e. The number of esters is 1. The van der Waals surface area contributed by atoms with Crippen molar-refractivity contribution in [3.05, 3.63) is 40.8 Å². The minimum absolute atomic E-state index is 0.0303. The lowest BCUT2D eigenvalue weighted by Gasteiger charge is -2.11. The summed E-state index contributed by atoms with van der Waals surface area (Å²) in [6.07, 6.45) is 0. The molecule has 0 aliphatic heterocycles. The highest BCUT2D eigenvalue weighted by Crippen LogP contribution is 2.28. The van der Waals surface area contributed by atoms with Crippen molar-refractivity contribution in [2.75, 3.05) is 12.8 Å². The number of hydrogen-bond donors (Lipinski definition) is 1. The number of nitrogens with two attached hydrogens (primary N) is 1. The van der Waals surface area contributed by atoms with Crippen molar-refractivity contribution in [2.24, 2.45) is 0 Å². The molecule has 0 radical (unpaired) electrons. The average Bonchev–Trinajstić information content (AvgIpc) is 2.43. The number of carbonyl (C=O) groups excluding carboxylic acids is 1. The van der Waals surface area contributed by atoms with Crippen LogP contribution in [0.2, 0.25) is 0 Å². The molecule has 2 N–H and O–H groups in total. The molecular weight excluding hydrogens is 270 g/mol. The van der Waals surface area contributed by atoms with E-state index < -0.39 is 5.97 Å². The summed E-state index contributed by atoms with van der Waals surface area (Å²) in [5, 5.41) is 0. The topological polar surface area (TPSA) is 87.3 Å². The van der Waals surface area contributed by atoms with Gasteiger partial charge in [0, 0.05) is 17.4 Å². The first-order chi connectivity index (χ1) is 9.90. The summed E-state index contributed by atoms with van der Waals surface area (Å²) in [5.41, 5.74) is 8.96. The molecule has 110 valence electrons. The van der Waals surface area contributed by atoms with Gasteiger partial charge in [-0.25, -0.2) is 9.78 Å². The highest BCUT2D eigenvalue weighted by Gasteiger charge is 2.13. The van der Waals surface area contributed by atoms with Crippen LogP contribution in [0.4, 0.5) is 5.69 Å². The van der Waals surface area contributed by atoms with Gasteiger partial charge in [0.15, 0.2) is 0 Å². The predicted molar refractivity (Wildman–Crippen MR) is 78.5 cm³/mol. The molecule has 0 bridgehead atoms. The SMILES string of the molecule is COC(=O)c1nc(C)cc(Oc2cc(C)c(N)cc2C)n1. The van der Waals surface area contributed by atoms with Gasteiger partial charge in [0.05, 0.1) is 7.11 Å². The second kappa shape index (κ2) is 5.78. The van der Waals surface area contributed by atoms with Crippen LogP contribution >= 0.6 is 0 Å². The van der Waals surface area contributed by atoms with Gasteiger partial charge in [-0.2, -0.15) is 4.98 Å². The fraction of sp³-hybridized carbons (Fsp3) is 0.267. The third-order valence-electron chi connectivity index (χ3n) is 2.98. The van der Waals surface area contributed by atoms with E-state index in [9.17, 15) is 4.79 Å². The number of aromatic nitrogens is 2. The zero-order chi connectivity index (χ0) is 15.6. The fourth-order valence-electron chi connectivity index (χ4n) is 1.81. The summed E-state index contributed by atoms with van der Waals surface area (Å²) in [5.74, 6) is 0.289. The van der Waals surface area contributed by atoms with Gasteiger partial charge < -0.3 is 15.2 Å². The number of aryl methyl sites for hydroxylation is 3. The molecule has 1 aromatic carbocycles. The van der Waals surface area contributed by atoms with Crippen LogP contribution in [0.25, 0.3) is 0 Å². The number of methoxy groups -OCH3 is 1. The Morgan fingerprint density at radius 3 is 2.48 bits per heavy atom. The summed E-state index contributed by atoms with van der Waals surface area (Å²) in [6.45, 7) is 5.54. The highest BCUT2D eigenvalue weighted by molar-refractivity contribution is 5.85. The molecule has 0 aliphatic carbocycles. The molecule has 6 heteroatoms. The van der Waals surface area contributed by atoms with Crippen LogP contribution in [0, 0.1) is 20.8 Å². The number of nitrogen functional groups attached to an aromatic ring is 1. The van der Waals surface area contributed by atoms with Crippen LogP contribution in [0.15, 0.2) is 18.2 Å². The van der Waals surface area contributed by atoms with Crippen molar-refractivity contribution in [3.8, 4) is 11.6 Å². The number of carbonyl (C=O) groups is 1. The number of ether oxygens (including phenoxy) is 2. The lowest BCUT2D eigenvalue weighted by molar-refractivity contribution is 0.0585. The molecule has 0 amide bonds. The smallest absolute Gasteiger partial charge is 0.376 e. The summed E-state index contributed by atoms with van der Waals surface area (Å²) >= 11 is 0. The van der Waals surface area contributed by atoms with Gasteiger partial charge in [-0.15, -0.1) is 0 Å². The molecular formula is C15H17N3O3. The summed E-state index contributed by atoms with van der Waals surface area (Å²) < 4.78 is 10.4. The Bertz CT molecular complexity index is 699. The van der Waals surface area contributed by atoms with Crippen LogP contribution in [-0.4, -0.2) is 23.0 Å². The Balaban J connectivity index is 2.38. The molecule has 0 aliphatic rings. The van der Waals surface area contributed by atoms with Gasteiger partial charge in [0.1, 0.15) is 5.75 Å². The lowest BCUT2D eigenvalue weighted by atomic mass is 10.1. The van der Waals surface area contributed by atoms with Crippen LogP contribution in [0.3, 0.4) is 0 Å². The van der Waals surface area contributed by atoms with Gasteiger partial charge in [-0.05, 0) is 44.0 Å². The van der Waals surface area contributed by atoms with E-state index in [1.54, 1.807) is 13.0 Å². The molecule has 1 heterocycles. The number of nitrogens with zero attached hydrogens (tertiary/aromatic N) is 2. The monoisotopic (exact) mass is 287 g/mol. The molecule has 2 aromatic rings. The van der Waals surface area contributed by atoms with Gasteiger partial charge in [0.25, 0.3) is 0 Å². The molecule has 0 atom stereocenters. The van der Waals surface area contributed by atoms with Crippen molar-refractivity contribution in [1.82, 2.24) is 9.97 Å². The molecule has 0 unspecified atom stereocenters. The van der Waals surface area contributed by atoms with Crippen LogP contribution in [0.1, 0.15) is 27.4 Å². The molecule has 1 aromatic heterocycles. The summed E-state index contributed by atoms with van der Waals surface area (Å²) in [7, 11) is 1.28. The fourth-order valence-corrected chi connectivity index (χ4v) is 1.81. The average molecular weight is 287 g/mol. The third kappa shape index (κ3) is 3.28. The predicted octanol–water partition coefficient (Wildman–Crippen LogP) is 2.56. The van der Waals surface area contributed by atoms with E-state index in [0.29, 0.717) is 17.1 Å². The van der Waals surface area contributed by atoms with E-state index in [1.165, 1.54) is 7.11 Å². The van der Waals surface area contributed by atoms with Crippen LogP contribution < -0.4 is 10.5 Å². The van der Waals surface area contributed by atoms with Crippen LogP contribution in [-0.2, 0) is 4.74 Å². The Labute approximate surface area is 122 Å². The van der Waals surface area contributed by atoms with Crippen molar-refractivity contribution in [1.29, 1.82) is 0 Å². The van der Waals surface area contributed by atoms with E-state index in [2.05, 4.69) is 14.7 Å².